The SMILES string of the molecule is CCC(N)CCCCCCCCC(C)(CC)c1ccc(N)cc1. The van der Waals surface area contributed by atoms with Crippen molar-refractivity contribution in [1.82, 2.24) is 0 Å². The Labute approximate surface area is 144 Å². The molecule has 1 rings (SSSR count). The van der Waals surface area contributed by atoms with Crippen molar-refractivity contribution < 1.29 is 0 Å². The largest absolute Gasteiger partial charge is 0.399 e. The first kappa shape index (κ1) is 20.0. The van der Waals surface area contributed by atoms with Crippen LogP contribution in [0.25, 0.3) is 0 Å². The molecular formula is C21H38N2. The molecule has 0 spiro atoms. The predicted octanol–water partition coefficient (Wildman–Crippen LogP) is 5.79. The van der Waals surface area contributed by atoms with E-state index in [1.165, 1.54) is 63.4 Å². The van der Waals surface area contributed by atoms with Crippen LogP contribution < -0.4 is 11.5 Å². The van der Waals surface area contributed by atoms with Gasteiger partial charge < -0.3 is 11.5 Å². The van der Waals surface area contributed by atoms with Crippen molar-refractivity contribution in [2.45, 2.75) is 96.4 Å². The van der Waals surface area contributed by atoms with Crippen LogP contribution in [0.2, 0.25) is 0 Å². The van der Waals surface area contributed by atoms with E-state index in [4.69, 9.17) is 11.5 Å². The monoisotopic (exact) mass is 318 g/mol. The Hall–Kier alpha value is -1.02. The lowest BCUT2D eigenvalue weighted by atomic mass is 9.76. The second kappa shape index (κ2) is 10.7. The first-order valence-electron chi connectivity index (χ1n) is 9.63. The third-order valence-electron chi connectivity index (χ3n) is 5.47. The molecular weight excluding hydrogens is 280 g/mol. The third kappa shape index (κ3) is 7.39. The molecule has 0 saturated heterocycles. The fourth-order valence-electron chi connectivity index (χ4n) is 3.24. The highest BCUT2D eigenvalue weighted by Crippen LogP contribution is 2.33. The number of unbranched alkanes of at least 4 members (excludes halogenated alkanes) is 5. The van der Waals surface area contributed by atoms with Crippen LogP contribution in [0.15, 0.2) is 24.3 Å². The highest BCUT2D eigenvalue weighted by atomic mass is 14.6. The van der Waals surface area contributed by atoms with Gasteiger partial charge in [0.2, 0.25) is 0 Å². The Morgan fingerprint density at radius 2 is 1.48 bits per heavy atom. The van der Waals surface area contributed by atoms with E-state index in [0.717, 1.165) is 12.1 Å². The van der Waals surface area contributed by atoms with Gasteiger partial charge in [0.25, 0.3) is 0 Å². The van der Waals surface area contributed by atoms with Crippen LogP contribution in [0.5, 0.6) is 0 Å². The van der Waals surface area contributed by atoms with Crippen LogP contribution in [-0.4, -0.2) is 6.04 Å². The normalized spacial score (nSPS) is 15.3. The van der Waals surface area contributed by atoms with Crippen LogP contribution in [-0.2, 0) is 5.41 Å². The van der Waals surface area contributed by atoms with Crippen molar-refractivity contribution in [3.05, 3.63) is 29.8 Å². The molecule has 132 valence electrons. The summed E-state index contributed by atoms with van der Waals surface area (Å²) in [6, 6.07) is 8.89. The summed E-state index contributed by atoms with van der Waals surface area (Å²) in [5.41, 5.74) is 14.3. The van der Waals surface area contributed by atoms with Crippen LogP contribution in [0, 0.1) is 0 Å². The molecule has 1 aromatic carbocycles. The van der Waals surface area contributed by atoms with Crippen LogP contribution in [0.1, 0.15) is 90.5 Å². The van der Waals surface area contributed by atoms with Gasteiger partial charge in [-0.1, -0.05) is 71.4 Å². The Kier molecular flexibility index (Phi) is 9.31. The van der Waals surface area contributed by atoms with Crippen LogP contribution >= 0.6 is 0 Å². The fourth-order valence-corrected chi connectivity index (χ4v) is 3.24. The van der Waals surface area contributed by atoms with Crippen molar-refractivity contribution in [2.75, 3.05) is 5.73 Å². The van der Waals surface area contributed by atoms with E-state index in [0.29, 0.717) is 11.5 Å². The van der Waals surface area contributed by atoms with Gasteiger partial charge in [0.15, 0.2) is 0 Å². The molecule has 0 bridgehead atoms. The van der Waals surface area contributed by atoms with Crippen molar-refractivity contribution in [3.63, 3.8) is 0 Å². The molecule has 0 aliphatic heterocycles. The molecule has 2 atom stereocenters. The summed E-state index contributed by atoms with van der Waals surface area (Å²) in [5.74, 6) is 0. The first-order valence-corrected chi connectivity index (χ1v) is 9.63. The standard InChI is InChI=1S/C21H38N2/c1-4-19(22)12-10-8-6-7-9-11-17-21(3,5-2)18-13-15-20(23)16-14-18/h13-16,19H,4-12,17,22-23H2,1-3H3. The van der Waals surface area contributed by atoms with Gasteiger partial charge in [0.1, 0.15) is 0 Å². The van der Waals surface area contributed by atoms with Crippen molar-refractivity contribution in [2.24, 2.45) is 5.73 Å². The molecule has 0 fully saturated rings. The van der Waals surface area contributed by atoms with Crippen molar-refractivity contribution in [3.8, 4) is 0 Å². The average molecular weight is 319 g/mol. The van der Waals surface area contributed by atoms with Gasteiger partial charge in [-0.15, -0.1) is 0 Å². The molecule has 23 heavy (non-hydrogen) atoms. The summed E-state index contributed by atoms with van der Waals surface area (Å²) in [4.78, 5) is 0. The Morgan fingerprint density at radius 3 is 2.04 bits per heavy atom. The van der Waals surface area contributed by atoms with E-state index in [-0.39, 0.29) is 0 Å². The molecule has 0 aliphatic carbocycles. The number of hydrogen-bond acceptors (Lipinski definition) is 2. The van der Waals surface area contributed by atoms with Gasteiger partial charge in [0.05, 0.1) is 0 Å². The molecule has 0 radical (unpaired) electrons. The summed E-state index contributed by atoms with van der Waals surface area (Å²) in [6.07, 6.45) is 12.8. The van der Waals surface area contributed by atoms with Crippen LogP contribution in [0.4, 0.5) is 5.69 Å². The number of anilines is 1. The zero-order valence-corrected chi connectivity index (χ0v) is 15.6. The number of benzene rings is 1. The molecule has 1 aromatic rings. The lowest BCUT2D eigenvalue weighted by molar-refractivity contribution is 0.393. The zero-order chi connectivity index (χ0) is 17.1. The molecule has 0 heterocycles. The molecule has 2 unspecified atom stereocenters. The smallest absolute Gasteiger partial charge is 0.0314 e. The Bertz CT molecular complexity index is 412. The summed E-state index contributed by atoms with van der Waals surface area (Å²) in [7, 11) is 0. The maximum Gasteiger partial charge on any atom is 0.0314 e. The minimum absolute atomic E-state index is 0.293. The Balaban J connectivity index is 2.21. The van der Waals surface area contributed by atoms with E-state index in [9.17, 15) is 0 Å². The summed E-state index contributed by atoms with van der Waals surface area (Å²) in [5, 5.41) is 0. The zero-order valence-electron chi connectivity index (χ0n) is 15.6. The lowest BCUT2D eigenvalue weighted by Crippen LogP contribution is -2.20. The average Bonchev–Trinajstić information content (AvgIpc) is 2.57. The topological polar surface area (TPSA) is 52.0 Å². The van der Waals surface area contributed by atoms with Gasteiger partial charge in [-0.3, -0.25) is 0 Å². The quantitative estimate of drug-likeness (QED) is 0.378. The second-order valence-electron chi connectivity index (χ2n) is 7.36. The molecule has 2 heteroatoms. The molecule has 4 N–H and O–H groups in total. The van der Waals surface area contributed by atoms with Crippen LogP contribution in [0.3, 0.4) is 0 Å². The maximum atomic E-state index is 5.96. The van der Waals surface area contributed by atoms with Gasteiger partial charge >= 0.3 is 0 Å². The number of nitrogens with two attached hydrogens (primary N) is 2. The summed E-state index contributed by atoms with van der Waals surface area (Å²) in [6.45, 7) is 6.87. The number of nitrogen functional groups attached to an aromatic ring is 1. The van der Waals surface area contributed by atoms with E-state index < -0.39 is 0 Å². The second-order valence-corrected chi connectivity index (χ2v) is 7.36. The van der Waals surface area contributed by atoms with E-state index in [1.54, 1.807) is 0 Å². The lowest BCUT2D eigenvalue weighted by Gasteiger charge is -2.29. The summed E-state index contributed by atoms with van der Waals surface area (Å²) < 4.78 is 0. The molecule has 0 aromatic heterocycles. The van der Waals surface area contributed by atoms with Gasteiger partial charge in [-0.25, -0.2) is 0 Å². The van der Waals surface area contributed by atoms with E-state index >= 15 is 0 Å². The highest BCUT2D eigenvalue weighted by Gasteiger charge is 2.23. The van der Waals surface area contributed by atoms with Gasteiger partial charge in [-0.2, -0.15) is 0 Å². The minimum Gasteiger partial charge on any atom is -0.399 e. The number of hydrogen-bond donors (Lipinski definition) is 2. The van der Waals surface area contributed by atoms with E-state index in [2.05, 4.69) is 32.9 Å². The minimum atomic E-state index is 0.293. The van der Waals surface area contributed by atoms with Crippen molar-refractivity contribution >= 4 is 5.69 Å². The summed E-state index contributed by atoms with van der Waals surface area (Å²) >= 11 is 0. The molecule has 0 aliphatic rings. The van der Waals surface area contributed by atoms with E-state index in [1.807, 2.05) is 12.1 Å². The van der Waals surface area contributed by atoms with Gasteiger partial charge in [-0.05, 0) is 48.8 Å². The molecule has 2 nitrogen and oxygen atoms in total. The fraction of sp³-hybridized carbons (Fsp3) is 0.714. The third-order valence-corrected chi connectivity index (χ3v) is 5.47. The Morgan fingerprint density at radius 1 is 0.913 bits per heavy atom. The predicted molar refractivity (Wildman–Crippen MR) is 104 cm³/mol. The molecule has 0 saturated carbocycles. The van der Waals surface area contributed by atoms with Gasteiger partial charge in [0, 0.05) is 11.7 Å². The molecule has 0 amide bonds. The maximum absolute atomic E-state index is 5.96. The van der Waals surface area contributed by atoms with Crippen molar-refractivity contribution in [1.29, 1.82) is 0 Å². The highest BCUT2D eigenvalue weighted by molar-refractivity contribution is 5.41. The first-order chi connectivity index (χ1) is 11.0. The number of rotatable bonds is 12.